The van der Waals surface area contributed by atoms with Crippen molar-refractivity contribution in [3.8, 4) is 5.75 Å². The second-order valence-corrected chi connectivity index (χ2v) is 4.43. The monoisotopic (exact) mass is 272 g/mol. The van der Waals surface area contributed by atoms with Gasteiger partial charge in [-0.25, -0.2) is 0 Å². The Morgan fingerprint density at radius 1 is 1.53 bits per heavy atom. The highest BCUT2D eigenvalue weighted by Gasteiger charge is 2.18. The highest BCUT2D eigenvalue weighted by atomic mass is 79.9. The van der Waals surface area contributed by atoms with Gasteiger partial charge in [-0.1, -0.05) is 15.9 Å². The number of aliphatic hydroxyl groups is 1. The summed E-state index contributed by atoms with van der Waals surface area (Å²) in [6.07, 6.45) is 1.04. The van der Waals surface area contributed by atoms with Gasteiger partial charge in [-0.15, -0.1) is 0 Å². The summed E-state index contributed by atoms with van der Waals surface area (Å²) in [5.41, 5.74) is 0.802. The first kappa shape index (κ1) is 10.9. The maximum absolute atomic E-state index is 9.18. The molecule has 1 aliphatic heterocycles. The fourth-order valence-corrected chi connectivity index (χ4v) is 1.98. The van der Waals surface area contributed by atoms with Crippen molar-refractivity contribution in [1.29, 1.82) is 0 Å². The smallest absolute Gasteiger partial charge is 0.125 e. The maximum atomic E-state index is 9.18. The lowest BCUT2D eigenvalue weighted by molar-refractivity contribution is 0.139. The van der Waals surface area contributed by atoms with E-state index in [0.717, 1.165) is 28.8 Å². The summed E-state index contributed by atoms with van der Waals surface area (Å²) in [7, 11) is 0. The number of aliphatic hydroxyl groups excluding tert-OH is 1. The van der Waals surface area contributed by atoms with E-state index in [9.17, 15) is 5.11 Å². The van der Waals surface area contributed by atoms with Crippen molar-refractivity contribution in [3.63, 3.8) is 0 Å². The van der Waals surface area contributed by atoms with Crippen molar-refractivity contribution < 1.29 is 14.6 Å². The Morgan fingerprint density at radius 2 is 2.40 bits per heavy atom. The molecule has 4 heteroatoms. The lowest BCUT2D eigenvalue weighted by Crippen LogP contribution is -2.16. The average Bonchev–Trinajstić information content (AvgIpc) is 2.73. The van der Waals surface area contributed by atoms with Crippen molar-refractivity contribution in [1.82, 2.24) is 0 Å². The first-order valence-corrected chi connectivity index (χ1v) is 5.72. The van der Waals surface area contributed by atoms with E-state index in [4.69, 9.17) is 9.47 Å². The Morgan fingerprint density at radius 3 is 3.07 bits per heavy atom. The van der Waals surface area contributed by atoms with Gasteiger partial charge >= 0.3 is 0 Å². The Balaban J connectivity index is 2.12. The lowest BCUT2D eigenvalue weighted by atomic mass is 10.2. The van der Waals surface area contributed by atoms with Gasteiger partial charge in [-0.2, -0.15) is 0 Å². The zero-order chi connectivity index (χ0) is 10.7. The van der Waals surface area contributed by atoms with Gasteiger partial charge in [0.25, 0.3) is 0 Å². The molecule has 82 valence electrons. The summed E-state index contributed by atoms with van der Waals surface area (Å²) in [6.45, 7) is 1.39. The molecule has 1 unspecified atom stereocenters. The lowest BCUT2D eigenvalue weighted by Gasteiger charge is -2.14. The number of hydrogen-bond acceptors (Lipinski definition) is 3. The van der Waals surface area contributed by atoms with Gasteiger partial charge in [0.15, 0.2) is 0 Å². The van der Waals surface area contributed by atoms with Crippen LogP contribution in [0.5, 0.6) is 5.75 Å². The van der Waals surface area contributed by atoms with Crippen LogP contribution >= 0.6 is 15.9 Å². The van der Waals surface area contributed by atoms with Crippen LogP contribution in [0, 0.1) is 0 Å². The quantitative estimate of drug-likeness (QED) is 0.916. The molecule has 1 N–H and O–H groups in total. The number of benzene rings is 1. The molecule has 0 amide bonds. The number of hydrogen-bond donors (Lipinski definition) is 1. The fourth-order valence-electron chi connectivity index (χ4n) is 1.57. The Kier molecular flexibility index (Phi) is 3.61. The predicted octanol–water partition coefficient (Wildman–Crippen LogP) is 2.11. The highest BCUT2D eigenvalue weighted by molar-refractivity contribution is 9.10. The summed E-state index contributed by atoms with van der Waals surface area (Å²) in [6, 6.07) is 5.64. The largest absolute Gasteiger partial charge is 0.488 e. The number of halogens is 1. The molecule has 0 bridgehead atoms. The van der Waals surface area contributed by atoms with Crippen LogP contribution in [0.1, 0.15) is 12.0 Å². The Labute approximate surface area is 97.1 Å². The third-order valence-electron chi connectivity index (χ3n) is 2.37. The minimum Gasteiger partial charge on any atom is -0.488 e. The topological polar surface area (TPSA) is 38.7 Å². The summed E-state index contributed by atoms with van der Waals surface area (Å²) in [5, 5.41) is 9.18. The normalized spacial score (nSPS) is 20.5. The second-order valence-electron chi connectivity index (χ2n) is 3.51. The van der Waals surface area contributed by atoms with Crippen molar-refractivity contribution in [3.05, 3.63) is 28.2 Å². The molecule has 1 heterocycles. The predicted molar refractivity (Wildman–Crippen MR) is 59.9 cm³/mol. The van der Waals surface area contributed by atoms with Crippen molar-refractivity contribution >= 4 is 15.9 Å². The average molecular weight is 273 g/mol. The Bertz CT molecular complexity index is 335. The zero-order valence-electron chi connectivity index (χ0n) is 8.28. The van der Waals surface area contributed by atoms with Gasteiger partial charge in [0.05, 0.1) is 19.8 Å². The van der Waals surface area contributed by atoms with Crippen LogP contribution in [0.4, 0.5) is 0 Å². The molecule has 1 aliphatic rings. The van der Waals surface area contributed by atoms with Gasteiger partial charge < -0.3 is 14.6 Å². The highest BCUT2D eigenvalue weighted by Crippen LogP contribution is 2.25. The molecule has 0 aliphatic carbocycles. The third-order valence-corrected chi connectivity index (χ3v) is 2.87. The molecule has 1 saturated heterocycles. The molecule has 3 nitrogen and oxygen atoms in total. The van der Waals surface area contributed by atoms with Gasteiger partial charge in [0, 0.05) is 16.5 Å². The van der Waals surface area contributed by atoms with Gasteiger partial charge in [0.2, 0.25) is 0 Å². The molecule has 1 fully saturated rings. The SMILES string of the molecule is OCc1cc(Br)ccc1OC1CCOC1. The first-order chi connectivity index (χ1) is 7.29. The number of rotatable bonds is 3. The molecule has 1 aromatic carbocycles. The van der Waals surface area contributed by atoms with Crippen LogP contribution in [0.15, 0.2) is 22.7 Å². The van der Waals surface area contributed by atoms with Crippen LogP contribution < -0.4 is 4.74 Å². The summed E-state index contributed by atoms with van der Waals surface area (Å²) in [4.78, 5) is 0. The minimum atomic E-state index is -0.0116. The van der Waals surface area contributed by atoms with Crippen LogP contribution in [-0.2, 0) is 11.3 Å². The van der Waals surface area contributed by atoms with Crippen LogP contribution in [-0.4, -0.2) is 24.4 Å². The van der Waals surface area contributed by atoms with E-state index < -0.39 is 0 Å². The molecule has 0 radical (unpaired) electrons. The molecule has 0 aromatic heterocycles. The second kappa shape index (κ2) is 4.96. The molecule has 0 spiro atoms. The molecule has 2 rings (SSSR count). The van der Waals surface area contributed by atoms with E-state index in [0.29, 0.717) is 6.61 Å². The molecular weight excluding hydrogens is 260 g/mol. The fraction of sp³-hybridized carbons (Fsp3) is 0.455. The Hall–Kier alpha value is -0.580. The van der Waals surface area contributed by atoms with Crippen molar-refractivity contribution in [2.45, 2.75) is 19.1 Å². The molecule has 1 aromatic rings. The van der Waals surface area contributed by atoms with Crippen LogP contribution in [0.2, 0.25) is 0 Å². The summed E-state index contributed by atoms with van der Waals surface area (Å²) >= 11 is 3.36. The van der Waals surface area contributed by atoms with E-state index in [-0.39, 0.29) is 12.7 Å². The third kappa shape index (κ3) is 2.71. The van der Waals surface area contributed by atoms with E-state index in [1.54, 1.807) is 0 Å². The van der Waals surface area contributed by atoms with Gasteiger partial charge in [-0.3, -0.25) is 0 Å². The molecule has 1 atom stereocenters. The standard InChI is InChI=1S/C11H13BrO3/c12-9-1-2-11(8(5-9)6-13)15-10-3-4-14-7-10/h1-2,5,10,13H,3-4,6-7H2. The zero-order valence-corrected chi connectivity index (χ0v) is 9.87. The maximum Gasteiger partial charge on any atom is 0.125 e. The van der Waals surface area contributed by atoms with E-state index in [1.807, 2.05) is 18.2 Å². The summed E-state index contributed by atoms with van der Waals surface area (Å²) in [5.74, 6) is 0.746. The molecule has 0 saturated carbocycles. The van der Waals surface area contributed by atoms with E-state index in [2.05, 4.69) is 15.9 Å². The van der Waals surface area contributed by atoms with Crippen molar-refractivity contribution in [2.75, 3.05) is 13.2 Å². The summed E-state index contributed by atoms with van der Waals surface area (Å²) < 4.78 is 11.9. The van der Waals surface area contributed by atoms with Gasteiger partial charge in [-0.05, 0) is 18.2 Å². The first-order valence-electron chi connectivity index (χ1n) is 4.93. The van der Waals surface area contributed by atoms with Crippen LogP contribution in [0.25, 0.3) is 0 Å². The minimum absolute atomic E-state index is 0.0116. The van der Waals surface area contributed by atoms with Gasteiger partial charge in [0.1, 0.15) is 11.9 Å². The number of ether oxygens (including phenoxy) is 2. The van der Waals surface area contributed by atoms with E-state index in [1.165, 1.54) is 0 Å². The van der Waals surface area contributed by atoms with Crippen molar-refractivity contribution in [2.24, 2.45) is 0 Å². The molecular formula is C11H13BrO3. The van der Waals surface area contributed by atoms with Crippen LogP contribution in [0.3, 0.4) is 0 Å². The van der Waals surface area contributed by atoms with E-state index >= 15 is 0 Å². The molecule has 15 heavy (non-hydrogen) atoms.